The second-order valence-electron chi connectivity index (χ2n) is 5.34. The van der Waals surface area contributed by atoms with Crippen LogP contribution in [0.5, 0.6) is 0 Å². The molecule has 96 valence electrons. The van der Waals surface area contributed by atoms with Crippen LogP contribution in [0.1, 0.15) is 36.0 Å². The van der Waals surface area contributed by atoms with Gasteiger partial charge < -0.3 is 11.1 Å². The first kappa shape index (κ1) is 11.8. The van der Waals surface area contributed by atoms with Crippen LogP contribution in [-0.4, -0.2) is 16.9 Å². The average Bonchev–Trinajstić information content (AvgIpc) is 2.94. The monoisotopic (exact) mass is 265 g/mol. The van der Waals surface area contributed by atoms with Crippen molar-refractivity contribution in [1.29, 1.82) is 0 Å². The second kappa shape index (κ2) is 4.43. The number of carbonyl (C=O) groups excluding carboxylic acids is 1. The quantitative estimate of drug-likeness (QED) is 0.862. The number of nitrogens with zero attached hydrogens (tertiary/aromatic N) is 1. The highest BCUT2D eigenvalue weighted by Gasteiger charge is 2.40. The summed E-state index contributed by atoms with van der Waals surface area (Å²) < 4.78 is 0. The molecule has 2 bridgehead atoms. The summed E-state index contributed by atoms with van der Waals surface area (Å²) in [5.41, 5.74) is 6.01. The van der Waals surface area contributed by atoms with Gasteiger partial charge in [0.15, 0.2) is 0 Å². The largest absolute Gasteiger partial charge is 0.384 e. The maximum absolute atomic E-state index is 12.2. The van der Waals surface area contributed by atoms with Crippen molar-refractivity contribution in [2.45, 2.75) is 31.7 Å². The highest BCUT2D eigenvalue weighted by atomic mass is 35.5. The van der Waals surface area contributed by atoms with E-state index in [-0.39, 0.29) is 5.91 Å². The first-order chi connectivity index (χ1) is 8.63. The Hall–Kier alpha value is -1.29. The van der Waals surface area contributed by atoms with E-state index in [4.69, 9.17) is 17.3 Å². The van der Waals surface area contributed by atoms with Gasteiger partial charge in [0.1, 0.15) is 5.82 Å². The number of halogens is 1. The van der Waals surface area contributed by atoms with E-state index in [1.54, 1.807) is 0 Å². The lowest BCUT2D eigenvalue weighted by Crippen LogP contribution is -2.38. The number of amides is 1. The summed E-state index contributed by atoms with van der Waals surface area (Å²) in [6, 6.07) is 1.84. The summed E-state index contributed by atoms with van der Waals surface area (Å²) in [7, 11) is 0. The Morgan fingerprint density at radius 3 is 2.94 bits per heavy atom. The Labute approximate surface area is 111 Å². The summed E-state index contributed by atoms with van der Waals surface area (Å²) in [5, 5.41) is 3.44. The summed E-state index contributed by atoms with van der Waals surface area (Å²) in [6.07, 6.45) is 6.35. The van der Waals surface area contributed by atoms with Crippen LogP contribution in [-0.2, 0) is 0 Å². The minimum absolute atomic E-state index is 0.133. The van der Waals surface area contributed by atoms with Crippen molar-refractivity contribution >= 4 is 23.3 Å². The fourth-order valence-corrected chi connectivity index (χ4v) is 3.49. The summed E-state index contributed by atoms with van der Waals surface area (Å²) >= 11 is 5.98. The van der Waals surface area contributed by atoms with Crippen LogP contribution in [0.3, 0.4) is 0 Å². The van der Waals surface area contributed by atoms with Gasteiger partial charge in [-0.1, -0.05) is 18.0 Å². The highest BCUT2D eigenvalue weighted by molar-refractivity contribution is 6.33. The highest BCUT2D eigenvalue weighted by Crippen LogP contribution is 2.44. The predicted octanol–water partition coefficient (Wildman–Crippen LogP) is 2.24. The number of nitrogens with one attached hydrogen (secondary N) is 1. The number of anilines is 1. The van der Waals surface area contributed by atoms with Crippen LogP contribution >= 0.6 is 11.6 Å². The van der Waals surface area contributed by atoms with E-state index in [0.717, 1.165) is 12.3 Å². The number of nitrogen functional groups attached to an aromatic ring is 1. The normalized spacial score (nSPS) is 29.5. The number of carbonyl (C=O) groups is 1. The molecule has 4 nitrogen and oxygen atoms in total. The fourth-order valence-electron chi connectivity index (χ4n) is 3.30. The second-order valence-corrected chi connectivity index (χ2v) is 5.75. The molecule has 2 aliphatic carbocycles. The van der Waals surface area contributed by atoms with Gasteiger partial charge in [0.25, 0.3) is 5.91 Å². The molecule has 2 aliphatic rings. The Morgan fingerprint density at radius 1 is 1.44 bits per heavy atom. The van der Waals surface area contributed by atoms with E-state index in [1.165, 1.54) is 31.5 Å². The third-order valence-electron chi connectivity index (χ3n) is 4.18. The van der Waals surface area contributed by atoms with Gasteiger partial charge in [-0.05, 0) is 37.2 Å². The van der Waals surface area contributed by atoms with E-state index >= 15 is 0 Å². The number of pyridine rings is 1. The van der Waals surface area contributed by atoms with E-state index in [0.29, 0.717) is 28.4 Å². The van der Waals surface area contributed by atoms with Crippen molar-refractivity contribution in [3.63, 3.8) is 0 Å². The maximum atomic E-state index is 12.2. The topological polar surface area (TPSA) is 68.0 Å². The summed E-state index contributed by atoms with van der Waals surface area (Å²) in [5.74, 6) is 1.64. The van der Waals surface area contributed by atoms with E-state index in [9.17, 15) is 4.79 Å². The van der Waals surface area contributed by atoms with Gasteiger partial charge in [-0.25, -0.2) is 4.98 Å². The van der Waals surface area contributed by atoms with Gasteiger partial charge >= 0.3 is 0 Å². The predicted molar refractivity (Wildman–Crippen MR) is 70.4 cm³/mol. The lowest BCUT2D eigenvalue weighted by Gasteiger charge is -2.23. The standard InChI is InChI=1S/C13H16ClN3O/c14-10-6-16-12(15)5-9(10)13(18)17-11-4-7-1-2-8(11)3-7/h5-8,11H,1-4H2,(H2,15,16)(H,17,18). The van der Waals surface area contributed by atoms with Crippen molar-refractivity contribution in [3.05, 3.63) is 22.8 Å². The SMILES string of the molecule is Nc1cc(C(=O)NC2CC3CCC2C3)c(Cl)cn1. The number of fused-ring (bicyclic) bond motifs is 2. The zero-order chi connectivity index (χ0) is 12.7. The third-order valence-corrected chi connectivity index (χ3v) is 4.48. The first-order valence-electron chi connectivity index (χ1n) is 6.35. The molecule has 2 saturated carbocycles. The van der Waals surface area contributed by atoms with Gasteiger partial charge in [0.05, 0.1) is 10.6 Å². The van der Waals surface area contributed by atoms with Gasteiger partial charge in [0.2, 0.25) is 0 Å². The molecule has 5 heteroatoms. The zero-order valence-corrected chi connectivity index (χ0v) is 10.8. The zero-order valence-electron chi connectivity index (χ0n) is 10.0. The van der Waals surface area contributed by atoms with Crippen molar-refractivity contribution in [2.24, 2.45) is 11.8 Å². The lowest BCUT2D eigenvalue weighted by atomic mass is 9.95. The van der Waals surface area contributed by atoms with E-state index < -0.39 is 0 Å². The molecule has 0 radical (unpaired) electrons. The number of nitrogens with two attached hydrogens (primary N) is 1. The third kappa shape index (κ3) is 2.05. The molecular formula is C13H16ClN3O. The Kier molecular flexibility index (Phi) is 2.90. The molecule has 1 amide bonds. The summed E-state index contributed by atoms with van der Waals surface area (Å²) in [4.78, 5) is 16.0. The molecule has 3 N–H and O–H groups in total. The van der Waals surface area contributed by atoms with E-state index in [2.05, 4.69) is 10.3 Å². The van der Waals surface area contributed by atoms with Crippen LogP contribution < -0.4 is 11.1 Å². The molecule has 1 aromatic rings. The fraction of sp³-hybridized carbons (Fsp3) is 0.538. The summed E-state index contributed by atoms with van der Waals surface area (Å²) in [6.45, 7) is 0. The van der Waals surface area contributed by atoms with Gasteiger partial charge in [-0.2, -0.15) is 0 Å². The molecule has 3 atom stereocenters. The molecule has 0 aromatic carbocycles. The van der Waals surface area contributed by atoms with Crippen molar-refractivity contribution in [2.75, 3.05) is 5.73 Å². The van der Waals surface area contributed by atoms with Crippen LogP contribution in [0, 0.1) is 11.8 Å². The van der Waals surface area contributed by atoms with Gasteiger partial charge in [0, 0.05) is 12.2 Å². The van der Waals surface area contributed by atoms with Crippen LogP contribution in [0.2, 0.25) is 5.02 Å². The Bertz CT molecular complexity index is 491. The van der Waals surface area contributed by atoms with E-state index in [1.807, 2.05) is 0 Å². The number of rotatable bonds is 2. The van der Waals surface area contributed by atoms with Crippen LogP contribution in [0.25, 0.3) is 0 Å². The molecule has 3 unspecified atom stereocenters. The molecule has 0 aliphatic heterocycles. The van der Waals surface area contributed by atoms with Crippen LogP contribution in [0.4, 0.5) is 5.82 Å². The first-order valence-corrected chi connectivity index (χ1v) is 6.73. The van der Waals surface area contributed by atoms with Gasteiger partial charge in [-0.3, -0.25) is 4.79 Å². The molecule has 1 aromatic heterocycles. The molecule has 2 fully saturated rings. The minimum atomic E-state index is -0.133. The molecular weight excluding hydrogens is 250 g/mol. The molecule has 0 spiro atoms. The molecule has 18 heavy (non-hydrogen) atoms. The Balaban J connectivity index is 1.73. The van der Waals surface area contributed by atoms with Gasteiger partial charge in [-0.15, -0.1) is 0 Å². The maximum Gasteiger partial charge on any atom is 0.253 e. The molecule has 3 rings (SSSR count). The number of hydrogen-bond donors (Lipinski definition) is 2. The number of hydrogen-bond acceptors (Lipinski definition) is 3. The minimum Gasteiger partial charge on any atom is -0.384 e. The smallest absolute Gasteiger partial charge is 0.253 e. The average molecular weight is 266 g/mol. The molecule has 1 heterocycles. The molecule has 0 saturated heterocycles. The van der Waals surface area contributed by atoms with Crippen molar-refractivity contribution < 1.29 is 4.79 Å². The Morgan fingerprint density at radius 2 is 2.28 bits per heavy atom. The van der Waals surface area contributed by atoms with Crippen LogP contribution in [0.15, 0.2) is 12.3 Å². The number of aromatic nitrogens is 1. The van der Waals surface area contributed by atoms with Crippen molar-refractivity contribution in [1.82, 2.24) is 10.3 Å². The lowest BCUT2D eigenvalue weighted by molar-refractivity contribution is 0.0923. The van der Waals surface area contributed by atoms with Crippen molar-refractivity contribution in [3.8, 4) is 0 Å².